The van der Waals surface area contributed by atoms with Crippen molar-refractivity contribution in [3.05, 3.63) is 70.8 Å². The first-order chi connectivity index (χ1) is 14.9. The minimum absolute atomic E-state index is 0.0739. The van der Waals surface area contributed by atoms with E-state index in [9.17, 15) is 9.59 Å². The molecule has 3 aromatic rings. The summed E-state index contributed by atoms with van der Waals surface area (Å²) in [5.74, 6) is 1.09. The zero-order chi connectivity index (χ0) is 22.4. The highest BCUT2D eigenvalue weighted by Gasteiger charge is 2.28. The maximum atomic E-state index is 13.2. The lowest BCUT2D eigenvalue weighted by atomic mass is 10.1. The van der Waals surface area contributed by atoms with Crippen molar-refractivity contribution in [3.63, 3.8) is 0 Å². The lowest BCUT2D eigenvalue weighted by Gasteiger charge is -2.32. The second-order valence-electron chi connectivity index (χ2n) is 7.77. The molecule has 31 heavy (non-hydrogen) atoms. The molecule has 0 saturated heterocycles. The Labute approximate surface area is 182 Å². The molecule has 1 unspecified atom stereocenters. The standard InChI is InChI=1S/C24H30N4O3/c1-5-21(23-25-20-14-10-9-13-19(20)24(30)27(23)4)28(16-15-26(2)3)22(29)17-31-18-11-7-6-8-12-18/h6-14,21H,5,15-17H2,1-4H3. The molecule has 7 nitrogen and oxygen atoms in total. The number of likely N-dealkylation sites (N-methyl/N-ethyl adjacent to an activating group) is 1. The van der Waals surface area contributed by atoms with Crippen LogP contribution in [-0.2, 0) is 11.8 Å². The van der Waals surface area contributed by atoms with Gasteiger partial charge in [-0.1, -0.05) is 37.3 Å². The third-order valence-electron chi connectivity index (χ3n) is 5.29. The van der Waals surface area contributed by atoms with Crippen LogP contribution in [0.25, 0.3) is 10.9 Å². The predicted octanol–water partition coefficient (Wildman–Crippen LogP) is 2.85. The van der Waals surface area contributed by atoms with Gasteiger partial charge in [-0.2, -0.15) is 0 Å². The summed E-state index contributed by atoms with van der Waals surface area (Å²) in [7, 11) is 5.65. The molecule has 0 fully saturated rings. The average Bonchev–Trinajstić information content (AvgIpc) is 2.78. The molecule has 164 valence electrons. The summed E-state index contributed by atoms with van der Waals surface area (Å²) >= 11 is 0. The van der Waals surface area contributed by atoms with Gasteiger partial charge in [0.15, 0.2) is 6.61 Å². The number of hydrogen-bond donors (Lipinski definition) is 0. The van der Waals surface area contributed by atoms with Gasteiger partial charge in [-0.15, -0.1) is 0 Å². The van der Waals surface area contributed by atoms with E-state index >= 15 is 0 Å². The summed E-state index contributed by atoms with van der Waals surface area (Å²) < 4.78 is 7.28. The lowest BCUT2D eigenvalue weighted by Crippen LogP contribution is -2.43. The number of amides is 1. The van der Waals surface area contributed by atoms with Gasteiger partial charge < -0.3 is 14.5 Å². The Bertz CT molecular complexity index is 1080. The molecule has 2 aromatic carbocycles. The molecule has 0 bridgehead atoms. The molecule has 0 aliphatic heterocycles. The summed E-state index contributed by atoms with van der Waals surface area (Å²) in [5, 5.41) is 0.571. The lowest BCUT2D eigenvalue weighted by molar-refractivity contribution is -0.136. The predicted molar refractivity (Wildman–Crippen MR) is 122 cm³/mol. The van der Waals surface area contributed by atoms with Gasteiger partial charge in [0.05, 0.1) is 16.9 Å². The summed E-state index contributed by atoms with van der Waals surface area (Å²) in [4.78, 5) is 34.7. The molecular formula is C24H30N4O3. The fourth-order valence-electron chi connectivity index (χ4n) is 3.58. The highest BCUT2D eigenvalue weighted by atomic mass is 16.5. The molecular weight excluding hydrogens is 392 g/mol. The third kappa shape index (κ3) is 5.30. The molecule has 0 saturated carbocycles. The summed E-state index contributed by atoms with van der Waals surface area (Å²) in [6.07, 6.45) is 0.628. The van der Waals surface area contributed by atoms with Crippen LogP contribution in [0.4, 0.5) is 0 Å². The Hall–Kier alpha value is -3.19. The molecule has 7 heteroatoms. The molecule has 1 heterocycles. The van der Waals surface area contributed by atoms with E-state index in [4.69, 9.17) is 9.72 Å². The van der Waals surface area contributed by atoms with E-state index in [0.29, 0.717) is 42.0 Å². The topological polar surface area (TPSA) is 67.7 Å². The number of carbonyl (C=O) groups is 1. The molecule has 0 spiro atoms. The van der Waals surface area contributed by atoms with Crippen LogP contribution in [0.1, 0.15) is 25.2 Å². The molecule has 1 aromatic heterocycles. The minimum Gasteiger partial charge on any atom is -0.484 e. The average molecular weight is 423 g/mol. The molecule has 0 aliphatic rings. The molecule has 3 rings (SSSR count). The van der Waals surface area contributed by atoms with Crippen LogP contribution in [0.2, 0.25) is 0 Å². The van der Waals surface area contributed by atoms with E-state index in [-0.39, 0.29) is 24.1 Å². The van der Waals surface area contributed by atoms with E-state index in [1.165, 1.54) is 0 Å². The molecule has 1 atom stereocenters. The van der Waals surface area contributed by atoms with E-state index in [1.807, 2.05) is 74.4 Å². The zero-order valence-electron chi connectivity index (χ0n) is 18.6. The van der Waals surface area contributed by atoms with Gasteiger partial charge >= 0.3 is 0 Å². The van der Waals surface area contributed by atoms with Gasteiger partial charge in [0.25, 0.3) is 11.5 Å². The maximum absolute atomic E-state index is 13.2. The maximum Gasteiger partial charge on any atom is 0.261 e. The number of aromatic nitrogens is 2. The van der Waals surface area contributed by atoms with Gasteiger partial charge in [0.2, 0.25) is 0 Å². The highest BCUT2D eigenvalue weighted by Crippen LogP contribution is 2.24. The van der Waals surface area contributed by atoms with Gasteiger partial charge in [-0.25, -0.2) is 4.98 Å². The van der Waals surface area contributed by atoms with Crippen LogP contribution >= 0.6 is 0 Å². The second kappa shape index (κ2) is 10.2. The highest BCUT2D eigenvalue weighted by molar-refractivity contribution is 5.79. The number of hydrogen-bond acceptors (Lipinski definition) is 5. The SMILES string of the molecule is CCC(c1nc2ccccc2c(=O)n1C)N(CCN(C)C)C(=O)COc1ccccc1. The van der Waals surface area contributed by atoms with E-state index in [2.05, 4.69) is 0 Å². The first-order valence-electron chi connectivity index (χ1n) is 10.5. The molecule has 0 radical (unpaired) electrons. The van der Waals surface area contributed by atoms with Crippen molar-refractivity contribution in [1.82, 2.24) is 19.4 Å². The van der Waals surface area contributed by atoms with Crippen molar-refractivity contribution in [2.45, 2.75) is 19.4 Å². The number of ether oxygens (including phenoxy) is 1. The van der Waals surface area contributed by atoms with Gasteiger partial charge in [-0.3, -0.25) is 14.2 Å². The van der Waals surface area contributed by atoms with Crippen LogP contribution in [-0.4, -0.2) is 59.0 Å². The van der Waals surface area contributed by atoms with E-state index in [1.54, 1.807) is 22.6 Å². The fourth-order valence-corrected chi connectivity index (χ4v) is 3.58. The first-order valence-corrected chi connectivity index (χ1v) is 10.5. The largest absolute Gasteiger partial charge is 0.484 e. The number of benzene rings is 2. The van der Waals surface area contributed by atoms with Gasteiger partial charge in [0, 0.05) is 20.1 Å². The van der Waals surface area contributed by atoms with Crippen molar-refractivity contribution in [2.75, 3.05) is 33.8 Å². The molecule has 0 N–H and O–H groups in total. The van der Waals surface area contributed by atoms with Crippen LogP contribution in [0.5, 0.6) is 5.75 Å². The Morgan fingerprint density at radius 2 is 1.74 bits per heavy atom. The Balaban J connectivity index is 1.94. The van der Waals surface area contributed by atoms with Crippen molar-refractivity contribution >= 4 is 16.8 Å². The summed E-state index contributed by atoms with van der Waals surface area (Å²) in [6.45, 7) is 3.12. The van der Waals surface area contributed by atoms with Gasteiger partial charge in [-0.05, 0) is 44.8 Å². The monoisotopic (exact) mass is 422 g/mol. The normalized spacial score (nSPS) is 12.2. The Kier molecular flexibility index (Phi) is 7.41. The number of nitrogens with zero attached hydrogens (tertiary/aromatic N) is 4. The quantitative estimate of drug-likeness (QED) is 0.530. The number of rotatable bonds is 9. The molecule has 0 aliphatic carbocycles. The fraction of sp³-hybridized carbons (Fsp3) is 0.375. The number of carbonyl (C=O) groups excluding carboxylic acids is 1. The summed E-state index contributed by atoms with van der Waals surface area (Å²) in [5.41, 5.74) is 0.527. The number of para-hydroxylation sites is 2. The second-order valence-corrected chi connectivity index (χ2v) is 7.77. The van der Waals surface area contributed by atoms with E-state index < -0.39 is 0 Å². The number of fused-ring (bicyclic) bond motifs is 1. The van der Waals surface area contributed by atoms with Crippen molar-refractivity contribution in [3.8, 4) is 5.75 Å². The Morgan fingerprint density at radius 1 is 1.06 bits per heavy atom. The van der Waals surface area contributed by atoms with Crippen molar-refractivity contribution in [2.24, 2.45) is 7.05 Å². The summed E-state index contributed by atoms with van der Waals surface area (Å²) in [6, 6.07) is 16.2. The smallest absolute Gasteiger partial charge is 0.261 e. The first kappa shape index (κ1) is 22.5. The minimum atomic E-state index is -0.339. The van der Waals surface area contributed by atoms with Gasteiger partial charge in [0.1, 0.15) is 11.6 Å². The molecule has 1 amide bonds. The zero-order valence-corrected chi connectivity index (χ0v) is 18.6. The van der Waals surface area contributed by atoms with Crippen LogP contribution in [0.15, 0.2) is 59.4 Å². The van der Waals surface area contributed by atoms with Crippen molar-refractivity contribution < 1.29 is 9.53 Å². The van der Waals surface area contributed by atoms with Crippen LogP contribution < -0.4 is 10.3 Å². The van der Waals surface area contributed by atoms with Crippen LogP contribution in [0.3, 0.4) is 0 Å². The Morgan fingerprint density at radius 3 is 2.42 bits per heavy atom. The van der Waals surface area contributed by atoms with E-state index in [0.717, 1.165) is 0 Å². The van der Waals surface area contributed by atoms with Crippen molar-refractivity contribution in [1.29, 1.82) is 0 Å². The third-order valence-corrected chi connectivity index (χ3v) is 5.29. The van der Waals surface area contributed by atoms with Crippen LogP contribution in [0, 0.1) is 0 Å².